The lowest BCUT2D eigenvalue weighted by atomic mass is 10.0. The monoisotopic (exact) mass is 473 g/mol. The number of benzene rings is 4. The third-order valence-corrected chi connectivity index (χ3v) is 5.84. The van der Waals surface area contributed by atoms with Gasteiger partial charge in [0.1, 0.15) is 6.17 Å². The van der Waals surface area contributed by atoms with E-state index in [4.69, 9.17) is 21.1 Å². The molecule has 3 N–H and O–H groups in total. The van der Waals surface area contributed by atoms with E-state index in [-0.39, 0.29) is 18.7 Å². The van der Waals surface area contributed by atoms with Crippen LogP contribution in [0.15, 0.2) is 78.9 Å². The average molecular weight is 474 g/mol. The molecule has 34 heavy (non-hydrogen) atoms. The van der Waals surface area contributed by atoms with Gasteiger partial charge in [-0.1, -0.05) is 41.9 Å². The van der Waals surface area contributed by atoms with Crippen LogP contribution in [0.4, 0.5) is 17.1 Å². The lowest BCUT2D eigenvalue weighted by Gasteiger charge is -2.30. The molecule has 0 unspecified atom stereocenters. The van der Waals surface area contributed by atoms with Gasteiger partial charge in [0.2, 0.25) is 0 Å². The zero-order chi connectivity index (χ0) is 23.5. The number of carbonyl (C=O) groups is 1. The molecule has 7 heteroatoms. The van der Waals surface area contributed by atoms with E-state index in [1.807, 2.05) is 25.1 Å². The summed E-state index contributed by atoms with van der Waals surface area (Å²) in [4.78, 5) is 12.3. The summed E-state index contributed by atoms with van der Waals surface area (Å²) < 4.78 is 11.6. The first-order chi connectivity index (χ1) is 16.6. The average Bonchev–Trinajstić information content (AvgIpc) is 2.85. The zero-order valence-corrected chi connectivity index (χ0v) is 19.4. The fourth-order valence-corrected chi connectivity index (χ4v) is 4.19. The van der Waals surface area contributed by atoms with E-state index in [0.717, 1.165) is 16.9 Å². The van der Waals surface area contributed by atoms with Crippen molar-refractivity contribution in [2.75, 3.05) is 29.2 Å². The predicted molar refractivity (Wildman–Crippen MR) is 137 cm³/mol. The van der Waals surface area contributed by atoms with Crippen molar-refractivity contribution in [1.29, 1.82) is 0 Å². The van der Waals surface area contributed by atoms with Gasteiger partial charge >= 0.3 is 0 Å². The molecule has 6 nitrogen and oxygen atoms in total. The Labute approximate surface area is 202 Å². The maximum absolute atomic E-state index is 12.3. The molecule has 172 valence electrons. The second kappa shape index (κ2) is 9.53. The van der Waals surface area contributed by atoms with Crippen molar-refractivity contribution in [3.63, 3.8) is 0 Å². The highest BCUT2D eigenvalue weighted by molar-refractivity contribution is 6.30. The van der Waals surface area contributed by atoms with Gasteiger partial charge in [0.05, 0.1) is 6.61 Å². The van der Waals surface area contributed by atoms with Crippen molar-refractivity contribution in [3.05, 3.63) is 89.4 Å². The standard InChI is InChI=1S/C27H24ClN3O3/c1-2-33-24-15-18(27-30-21-7-3-5-17-6-4-8-22(31-27)26(17)21)9-14-23(24)34-16-25(32)29-20-12-10-19(28)11-13-20/h3-15,27,30-31H,2,16H2,1H3,(H,29,32). The number of carbonyl (C=O) groups excluding carboxylic acids is 1. The predicted octanol–water partition coefficient (Wildman–Crippen LogP) is 6.45. The summed E-state index contributed by atoms with van der Waals surface area (Å²) in [6.07, 6.45) is -0.137. The van der Waals surface area contributed by atoms with Gasteiger partial charge in [-0.15, -0.1) is 0 Å². The molecular weight excluding hydrogens is 450 g/mol. The SMILES string of the molecule is CCOc1cc(C2Nc3cccc4cccc(c34)N2)ccc1OCC(=O)Nc1ccc(Cl)cc1. The number of hydrogen-bond donors (Lipinski definition) is 3. The van der Waals surface area contributed by atoms with Gasteiger partial charge in [0.15, 0.2) is 18.1 Å². The van der Waals surface area contributed by atoms with Crippen molar-refractivity contribution in [2.45, 2.75) is 13.1 Å². The van der Waals surface area contributed by atoms with Crippen molar-refractivity contribution in [1.82, 2.24) is 0 Å². The number of ether oxygens (including phenoxy) is 2. The molecule has 5 rings (SSSR count). The first-order valence-electron chi connectivity index (χ1n) is 11.1. The molecule has 0 atom stereocenters. The summed E-state index contributed by atoms with van der Waals surface area (Å²) >= 11 is 5.89. The molecule has 0 fully saturated rings. The maximum atomic E-state index is 12.3. The zero-order valence-electron chi connectivity index (χ0n) is 18.6. The minimum absolute atomic E-state index is 0.137. The van der Waals surface area contributed by atoms with E-state index in [1.54, 1.807) is 24.3 Å². The van der Waals surface area contributed by atoms with E-state index < -0.39 is 0 Å². The van der Waals surface area contributed by atoms with Crippen LogP contribution >= 0.6 is 11.6 Å². The topological polar surface area (TPSA) is 71.6 Å². The van der Waals surface area contributed by atoms with Gasteiger partial charge in [0.25, 0.3) is 5.91 Å². The van der Waals surface area contributed by atoms with Crippen LogP contribution in [0.3, 0.4) is 0 Å². The quantitative estimate of drug-likeness (QED) is 0.288. The Kier molecular flexibility index (Phi) is 6.14. The molecule has 4 aromatic rings. The minimum atomic E-state index is -0.269. The van der Waals surface area contributed by atoms with E-state index in [0.29, 0.717) is 28.8 Å². The van der Waals surface area contributed by atoms with Crippen molar-refractivity contribution >= 4 is 45.3 Å². The Bertz CT molecular complexity index is 1300. The maximum Gasteiger partial charge on any atom is 0.262 e. The number of nitrogens with one attached hydrogen (secondary N) is 3. The van der Waals surface area contributed by atoms with Gasteiger partial charge in [-0.3, -0.25) is 4.79 Å². The first kappa shape index (κ1) is 21.9. The summed E-state index contributed by atoms with van der Waals surface area (Å²) in [7, 11) is 0. The number of rotatable bonds is 7. The highest BCUT2D eigenvalue weighted by Crippen LogP contribution is 2.40. The van der Waals surface area contributed by atoms with Crippen molar-refractivity contribution in [2.24, 2.45) is 0 Å². The Morgan fingerprint density at radius 3 is 2.29 bits per heavy atom. The van der Waals surface area contributed by atoms with Gasteiger partial charge in [-0.2, -0.15) is 0 Å². The fraction of sp³-hybridized carbons (Fsp3) is 0.148. The summed E-state index contributed by atoms with van der Waals surface area (Å²) in [5.74, 6) is 0.823. The highest BCUT2D eigenvalue weighted by atomic mass is 35.5. The van der Waals surface area contributed by atoms with Crippen molar-refractivity contribution in [3.8, 4) is 11.5 Å². The number of amides is 1. The van der Waals surface area contributed by atoms with E-state index >= 15 is 0 Å². The van der Waals surface area contributed by atoms with E-state index in [9.17, 15) is 4.79 Å². The molecule has 0 bridgehead atoms. The molecule has 1 aliphatic heterocycles. The van der Waals surface area contributed by atoms with Gasteiger partial charge < -0.3 is 25.4 Å². The van der Waals surface area contributed by atoms with Gasteiger partial charge in [-0.25, -0.2) is 0 Å². The van der Waals surface area contributed by atoms with Crippen LogP contribution in [-0.2, 0) is 4.79 Å². The lowest BCUT2D eigenvalue weighted by molar-refractivity contribution is -0.118. The summed E-state index contributed by atoms with van der Waals surface area (Å²) in [5, 5.41) is 12.9. The van der Waals surface area contributed by atoms with Crippen LogP contribution in [0, 0.1) is 0 Å². The Morgan fingerprint density at radius 1 is 0.912 bits per heavy atom. The summed E-state index contributed by atoms with van der Waals surface area (Å²) in [6.45, 7) is 2.25. The van der Waals surface area contributed by atoms with Crippen LogP contribution in [0.5, 0.6) is 11.5 Å². The Hall–Kier alpha value is -3.90. The molecule has 0 aromatic heterocycles. The van der Waals surface area contributed by atoms with Crippen LogP contribution in [0.25, 0.3) is 10.8 Å². The number of halogens is 1. The third kappa shape index (κ3) is 4.58. The summed E-state index contributed by atoms with van der Waals surface area (Å²) in [6, 6.07) is 25.1. The molecule has 0 aliphatic carbocycles. The van der Waals surface area contributed by atoms with Gasteiger partial charge in [-0.05, 0) is 66.4 Å². The van der Waals surface area contributed by atoms with Crippen LogP contribution in [0.2, 0.25) is 5.02 Å². The number of hydrogen-bond acceptors (Lipinski definition) is 5. The van der Waals surface area contributed by atoms with Crippen LogP contribution in [-0.4, -0.2) is 19.1 Å². The Balaban J connectivity index is 1.31. The van der Waals surface area contributed by atoms with E-state index in [1.165, 1.54) is 10.8 Å². The molecule has 1 heterocycles. The first-order valence-corrected chi connectivity index (χ1v) is 11.5. The Morgan fingerprint density at radius 2 is 1.62 bits per heavy atom. The molecule has 0 saturated heterocycles. The van der Waals surface area contributed by atoms with E-state index in [2.05, 4.69) is 52.3 Å². The highest BCUT2D eigenvalue weighted by Gasteiger charge is 2.21. The second-order valence-electron chi connectivity index (χ2n) is 7.91. The molecule has 4 aromatic carbocycles. The third-order valence-electron chi connectivity index (χ3n) is 5.59. The lowest BCUT2D eigenvalue weighted by Crippen LogP contribution is -2.24. The molecule has 0 radical (unpaired) electrons. The molecular formula is C27H24ClN3O3. The minimum Gasteiger partial charge on any atom is -0.490 e. The fourth-order valence-electron chi connectivity index (χ4n) is 4.06. The normalized spacial score (nSPS) is 12.5. The van der Waals surface area contributed by atoms with Crippen molar-refractivity contribution < 1.29 is 14.3 Å². The largest absolute Gasteiger partial charge is 0.490 e. The molecule has 0 saturated carbocycles. The van der Waals surface area contributed by atoms with Gasteiger partial charge in [0, 0.05) is 27.5 Å². The van der Waals surface area contributed by atoms with Crippen LogP contribution in [0.1, 0.15) is 18.7 Å². The molecule has 1 aliphatic rings. The molecule has 0 spiro atoms. The molecule has 1 amide bonds. The second-order valence-corrected chi connectivity index (χ2v) is 8.35. The van der Waals surface area contributed by atoms with Crippen LogP contribution < -0.4 is 25.4 Å². The summed E-state index contributed by atoms with van der Waals surface area (Å²) in [5.41, 5.74) is 3.80. The number of anilines is 3. The smallest absolute Gasteiger partial charge is 0.262 e.